The Labute approximate surface area is 154 Å². The summed E-state index contributed by atoms with van der Waals surface area (Å²) in [7, 11) is 0. The van der Waals surface area contributed by atoms with Crippen LogP contribution >= 0.6 is 0 Å². The topological polar surface area (TPSA) is 111 Å². The molecule has 4 rings (SSSR count). The van der Waals surface area contributed by atoms with E-state index in [1.165, 1.54) is 30.3 Å². The van der Waals surface area contributed by atoms with E-state index in [0.717, 1.165) is 6.07 Å². The number of carboxylic acid groups (broad SMARTS) is 1. The summed E-state index contributed by atoms with van der Waals surface area (Å²) >= 11 is 0. The molecule has 2 heterocycles. The van der Waals surface area contributed by atoms with Gasteiger partial charge in [-0.25, -0.2) is 4.79 Å². The fraction of sp³-hybridized carbons (Fsp3) is 0.0556. The SMILES string of the molecule is O=C1Nc2c(cccc2C(F)(F)F)/C1=C1/Nc2cc(C(=O)O)ccc2/C1=N\O. The molecular formula is C18H10F3N3O4. The number of hydrogen-bond donors (Lipinski definition) is 4. The summed E-state index contributed by atoms with van der Waals surface area (Å²) in [6, 6.07) is 7.30. The molecule has 0 saturated heterocycles. The summed E-state index contributed by atoms with van der Waals surface area (Å²) in [5.41, 5.74) is -1.12. The summed E-state index contributed by atoms with van der Waals surface area (Å²) < 4.78 is 39.8. The zero-order valence-electron chi connectivity index (χ0n) is 13.8. The van der Waals surface area contributed by atoms with Crippen molar-refractivity contribution in [2.75, 3.05) is 10.6 Å². The van der Waals surface area contributed by atoms with Crippen molar-refractivity contribution in [2.45, 2.75) is 6.18 Å². The van der Waals surface area contributed by atoms with Crippen molar-refractivity contribution in [2.24, 2.45) is 5.16 Å². The lowest BCUT2D eigenvalue weighted by Gasteiger charge is -2.11. The van der Waals surface area contributed by atoms with Gasteiger partial charge < -0.3 is 20.9 Å². The molecule has 0 fully saturated rings. The van der Waals surface area contributed by atoms with Crippen LogP contribution in [0.2, 0.25) is 0 Å². The lowest BCUT2D eigenvalue weighted by Crippen LogP contribution is -2.13. The predicted octanol–water partition coefficient (Wildman–Crippen LogP) is 3.37. The number of hydrogen-bond acceptors (Lipinski definition) is 5. The number of nitrogens with zero attached hydrogens (tertiary/aromatic N) is 1. The van der Waals surface area contributed by atoms with Gasteiger partial charge in [-0.05, 0) is 24.3 Å². The number of carbonyl (C=O) groups excluding carboxylic acids is 1. The maximum absolute atomic E-state index is 13.3. The molecule has 2 aromatic rings. The predicted molar refractivity (Wildman–Crippen MR) is 92.3 cm³/mol. The first-order valence-electron chi connectivity index (χ1n) is 7.85. The number of carboxylic acids is 1. The Kier molecular flexibility index (Phi) is 3.67. The van der Waals surface area contributed by atoms with E-state index < -0.39 is 23.6 Å². The van der Waals surface area contributed by atoms with Crippen molar-refractivity contribution in [3.8, 4) is 0 Å². The van der Waals surface area contributed by atoms with Gasteiger partial charge in [0, 0.05) is 16.8 Å². The molecule has 7 nitrogen and oxygen atoms in total. The van der Waals surface area contributed by atoms with Crippen molar-refractivity contribution >= 4 is 34.5 Å². The van der Waals surface area contributed by atoms with Crippen LogP contribution in [0.4, 0.5) is 24.5 Å². The quantitative estimate of drug-likeness (QED) is 0.340. The van der Waals surface area contributed by atoms with E-state index in [9.17, 15) is 28.0 Å². The lowest BCUT2D eigenvalue weighted by atomic mass is 9.99. The van der Waals surface area contributed by atoms with Gasteiger partial charge in [-0.2, -0.15) is 13.2 Å². The number of alkyl halides is 3. The van der Waals surface area contributed by atoms with Crippen LogP contribution in [0.15, 0.2) is 47.3 Å². The van der Waals surface area contributed by atoms with Gasteiger partial charge in [0.25, 0.3) is 5.91 Å². The number of oxime groups is 1. The molecule has 2 aliphatic rings. The van der Waals surface area contributed by atoms with E-state index in [1.807, 2.05) is 0 Å². The third kappa shape index (κ3) is 2.49. The van der Waals surface area contributed by atoms with E-state index in [2.05, 4.69) is 15.8 Å². The van der Waals surface area contributed by atoms with Crippen LogP contribution in [-0.2, 0) is 11.0 Å². The number of rotatable bonds is 1. The Morgan fingerprint density at radius 1 is 1.07 bits per heavy atom. The van der Waals surface area contributed by atoms with Crippen molar-refractivity contribution in [1.82, 2.24) is 0 Å². The lowest BCUT2D eigenvalue weighted by molar-refractivity contribution is -0.136. The largest absolute Gasteiger partial charge is 0.478 e. The molecule has 0 saturated carbocycles. The fourth-order valence-electron chi connectivity index (χ4n) is 3.28. The molecule has 0 unspecified atom stereocenters. The van der Waals surface area contributed by atoms with Crippen molar-refractivity contribution in [3.05, 3.63) is 64.3 Å². The third-order valence-corrected chi connectivity index (χ3v) is 4.47. The number of halogens is 3. The molecule has 1 amide bonds. The second-order valence-electron chi connectivity index (χ2n) is 6.07. The Bertz CT molecular complexity index is 1120. The Morgan fingerprint density at radius 3 is 2.46 bits per heavy atom. The zero-order valence-corrected chi connectivity index (χ0v) is 13.8. The number of aromatic carboxylic acids is 1. The zero-order chi connectivity index (χ0) is 20.2. The number of amides is 1. The highest BCUT2D eigenvalue weighted by molar-refractivity contribution is 6.40. The summed E-state index contributed by atoms with van der Waals surface area (Å²) in [5.74, 6) is -1.99. The maximum Gasteiger partial charge on any atom is 0.418 e. The standard InChI is InChI=1S/C18H10F3N3O4/c19-18(20,21)10-3-1-2-9-12(16(25)23-13(9)10)15-14(24-28)8-5-4-7(17(26)27)6-11(8)22-15/h1-6,22,28H,(H,23,25)(H,26,27)/b15-12-,24-14+. The fourth-order valence-corrected chi connectivity index (χ4v) is 3.28. The first-order chi connectivity index (χ1) is 13.2. The summed E-state index contributed by atoms with van der Waals surface area (Å²) in [5, 5.41) is 26.7. The normalized spacial score (nSPS) is 19.2. The molecule has 28 heavy (non-hydrogen) atoms. The van der Waals surface area contributed by atoms with Crippen LogP contribution in [0.5, 0.6) is 0 Å². The number of allylic oxidation sites excluding steroid dienone is 1. The van der Waals surface area contributed by atoms with E-state index in [4.69, 9.17) is 5.11 Å². The van der Waals surface area contributed by atoms with E-state index >= 15 is 0 Å². The van der Waals surface area contributed by atoms with E-state index in [0.29, 0.717) is 5.56 Å². The van der Waals surface area contributed by atoms with E-state index in [-0.39, 0.29) is 39.5 Å². The van der Waals surface area contributed by atoms with Gasteiger partial charge >= 0.3 is 12.1 Å². The second-order valence-corrected chi connectivity index (χ2v) is 6.07. The number of fused-ring (bicyclic) bond motifs is 2. The Balaban J connectivity index is 1.92. The van der Waals surface area contributed by atoms with Gasteiger partial charge in [-0.3, -0.25) is 4.79 Å². The highest BCUT2D eigenvalue weighted by Gasteiger charge is 2.41. The molecule has 0 aromatic heterocycles. The van der Waals surface area contributed by atoms with Gasteiger partial charge in [-0.1, -0.05) is 17.3 Å². The summed E-state index contributed by atoms with van der Waals surface area (Å²) in [6.45, 7) is 0. The van der Waals surface area contributed by atoms with Gasteiger partial charge in [0.15, 0.2) is 0 Å². The van der Waals surface area contributed by atoms with Gasteiger partial charge in [0.2, 0.25) is 0 Å². The Morgan fingerprint density at radius 2 is 1.82 bits per heavy atom. The first kappa shape index (κ1) is 17.6. The van der Waals surface area contributed by atoms with Crippen LogP contribution in [0.25, 0.3) is 5.57 Å². The molecule has 4 N–H and O–H groups in total. The molecule has 0 radical (unpaired) electrons. The average molecular weight is 389 g/mol. The smallest absolute Gasteiger partial charge is 0.418 e. The van der Waals surface area contributed by atoms with Crippen LogP contribution < -0.4 is 10.6 Å². The number of nitrogens with one attached hydrogen (secondary N) is 2. The molecule has 0 aliphatic carbocycles. The van der Waals surface area contributed by atoms with Crippen molar-refractivity contribution in [1.29, 1.82) is 0 Å². The summed E-state index contributed by atoms with van der Waals surface area (Å²) in [6.07, 6.45) is -4.67. The van der Waals surface area contributed by atoms with E-state index in [1.54, 1.807) is 0 Å². The van der Waals surface area contributed by atoms with Crippen LogP contribution in [0.3, 0.4) is 0 Å². The van der Waals surface area contributed by atoms with Crippen LogP contribution in [0, 0.1) is 0 Å². The monoisotopic (exact) mass is 389 g/mol. The highest BCUT2D eigenvalue weighted by Crippen LogP contribution is 2.44. The van der Waals surface area contributed by atoms with Crippen molar-refractivity contribution in [3.63, 3.8) is 0 Å². The molecular weight excluding hydrogens is 379 g/mol. The summed E-state index contributed by atoms with van der Waals surface area (Å²) in [4.78, 5) is 23.6. The number of para-hydroxylation sites is 1. The molecule has 2 aliphatic heterocycles. The number of carbonyl (C=O) groups is 2. The number of benzene rings is 2. The minimum atomic E-state index is -4.67. The van der Waals surface area contributed by atoms with Gasteiger partial charge in [0.05, 0.1) is 28.1 Å². The van der Waals surface area contributed by atoms with Crippen molar-refractivity contribution < 1.29 is 33.1 Å². The maximum atomic E-state index is 13.3. The molecule has 0 atom stereocenters. The first-order valence-corrected chi connectivity index (χ1v) is 7.85. The molecule has 142 valence electrons. The minimum Gasteiger partial charge on any atom is -0.478 e. The Hall–Kier alpha value is -3.82. The highest BCUT2D eigenvalue weighted by atomic mass is 19.4. The number of anilines is 2. The molecule has 10 heteroatoms. The molecule has 0 spiro atoms. The van der Waals surface area contributed by atoms with Gasteiger partial charge in [-0.15, -0.1) is 0 Å². The minimum absolute atomic E-state index is 0.00487. The molecule has 0 bridgehead atoms. The average Bonchev–Trinajstić information content (AvgIpc) is 3.15. The van der Waals surface area contributed by atoms with Crippen LogP contribution in [-0.4, -0.2) is 27.9 Å². The van der Waals surface area contributed by atoms with Gasteiger partial charge in [0.1, 0.15) is 5.71 Å². The second kappa shape index (κ2) is 5.84. The van der Waals surface area contributed by atoms with Crippen LogP contribution in [0.1, 0.15) is 27.0 Å². The third-order valence-electron chi connectivity index (χ3n) is 4.47. The molecule has 2 aromatic carbocycles.